The second-order valence-corrected chi connectivity index (χ2v) is 21.1. The Labute approximate surface area is 280 Å². The molecule has 0 bridgehead atoms. The van der Waals surface area contributed by atoms with Crippen molar-refractivity contribution in [2.75, 3.05) is 42.6 Å². The molecule has 256 valence electrons. The maximum Gasteiger partial charge on any atom is 0.307 e. The monoisotopic (exact) mass is 674 g/mol. The van der Waals surface area contributed by atoms with Gasteiger partial charge in [-0.15, -0.1) is 0 Å². The third-order valence-corrected chi connectivity index (χ3v) is 12.6. The Bertz CT molecular complexity index is 1810. The van der Waals surface area contributed by atoms with E-state index in [-0.39, 0.29) is 22.7 Å². The lowest BCUT2D eigenvalue weighted by atomic mass is 9.82. The van der Waals surface area contributed by atoms with Crippen molar-refractivity contribution in [2.24, 2.45) is 22.7 Å². The van der Waals surface area contributed by atoms with Gasteiger partial charge in [-0.1, -0.05) is 19.6 Å². The second-order valence-electron chi connectivity index (χ2n) is 15.4. The van der Waals surface area contributed by atoms with Gasteiger partial charge in [-0.25, -0.2) is 19.9 Å². The van der Waals surface area contributed by atoms with Gasteiger partial charge in [0.25, 0.3) is 0 Å². The molecule has 6 heterocycles. The Morgan fingerprint density at radius 1 is 0.875 bits per heavy atom. The van der Waals surface area contributed by atoms with Crippen LogP contribution >= 0.6 is 0 Å². The molecule has 14 heteroatoms. The Hall–Kier alpha value is -4.04. The van der Waals surface area contributed by atoms with Gasteiger partial charge in [0.15, 0.2) is 0 Å². The molecule has 2 saturated carbocycles. The van der Waals surface area contributed by atoms with Crippen molar-refractivity contribution in [2.45, 2.75) is 70.9 Å². The molecule has 1 unspecified atom stereocenters. The molecule has 2 aliphatic carbocycles. The molecule has 4 aromatic rings. The molecule has 0 radical (unpaired) electrons. The lowest BCUT2D eigenvalue weighted by molar-refractivity contribution is -0.146. The van der Waals surface area contributed by atoms with Crippen LogP contribution in [0.25, 0.3) is 22.1 Å². The summed E-state index contributed by atoms with van der Waals surface area (Å²) in [6.07, 6.45) is 12.5. The van der Waals surface area contributed by atoms with Crippen molar-refractivity contribution in [3.05, 3.63) is 37.2 Å². The van der Waals surface area contributed by atoms with Gasteiger partial charge in [-0.3, -0.25) is 9.59 Å². The van der Waals surface area contributed by atoms with Crippen LogP contribution in [0.15, 0.2) is 37.2 Å². The van der Waals surface area contributed by atoms with E-state index in [9.17, 15) is 19.8 Å². The van der Waals surface area contributed by atoms with Gasteiger partial charge in [0.2, 0.25) is 0 Å². The first kappa shape index (κ1) is 32.5. The minimum atomic E-state index is -1.09. The van der Waals surface area contributed by atoms with Gasteiger partial charge in [0.05, 0.1) is 22.6 Å². The van der Waals surface area contributed by atoms with Gasteiger partial charge in [0.1, 0.15) is 42.3 Å². The summed E-state index contributed by atoms with van der Waals surface area (Å²) in [5.41, 5.74) is 1.62. The molecule has 4 aliphatic rings. The lowest BCUT2D eigenvalue weighted by Gasteiger charge is -2.38. The summed E-state index contributed by atoms with van der Waals surface area (Å²) in [5.74, 6) is 0.142. The maximum absolute atomic E-state index is 11.6. The number of hydrogen-bond donors (Lipinski definition) is 3. The molecule has 2 aliphatic heterocycles. The summed E-state index contributed by atoms with van der Waals surface area (Å²) < 4.78 is 7.92. The standard InChI is InChI=1S/C20H30N4O3Si.C14H16N4O2/c1-28(2,3)11-10-27-14-24-8-4-15-17(21-13-22-18(15)24)23-9-5-16(19(25)26)20(12-23)6-7-20;19-13(20)10-2-6-18(7-14(10)3-4-14)12-9-1-5-15-11(9)16-8-17-12/h4,8,13,16H,5-7,9-12,14H2,1-3H3,(H,25,26);1,5,8,10H,2-4,6-7H2,(H,19,20)(H,15,16,17)/t16-;/m0./s1. The molecule has 13 nitrogen and oxygen atoms in total. The third-order valence-electron chi connectivity index (χ3n) is 10.9. The summed E-state index contributed by atoms with van der Waals surface area (Å²) in [5, 5.41) is 20.9. The number of carboxylic acids is 2. The minimum Gasteiger partial charge on any atom is -0.481 e. The number of ether oxygens (including phenoxy) is 1. The van der Waals surface area contributed by atoms with Crippen molar-refractivity contribution in [3.8, 4) is 0 Å². The van der Waals surface area contributed by atoms with Crippen molar-refractivity contribution < 1.29 is 24.5 Å². The number of piperidine rings is 2. The number of anilines is 2. The van der Waals surface area contributed by atoms with Crippen LogP contribution in [-0.2, 0) is 21.1 Å². The molecule has 0 amide bonds. The van der Waals surface area contributed by atoms with Crippen LogP contribution in [0.3, 0.4) is 0 Å². The Kier molecular flexibility index (Phi) is 8.43. The summed E-state index contributed by atoms with van der Waals surface area (Å²) in [4.78, 5) is 48.2. The number of H-pyrrole nitrogens is 1. The van der Waals surface area contributed by atoms with Gasteiger partial charge in [-0.05, 0) is 56.7 Å². The Balaban J connectivity index is 0.000000160. The van der Waals surface area contributed by atoms with Crippen molar-refractivity contribution in [3.63, 3.8) is 0 Å². The van der Waals surface area contributed by atoms with Crippen molar-refractivity contribution in [1.82, 2.24) is 29.5 Å². The summed E-state index contributed by atoms with van der Waals surface area (Å²) >= 11 is 0. The number of rotatable bonds is 9. The lowest BCUT2D eigenvalue weighted by Crippen LogP contribution is -2.45. The number of aliphatic carboxylic acids is 2. The number of fused-ring (bicyclic) bond motifs is 2. The number of nitrogens with zero attached hydrogens (tertiary/aromatic N) is 7. The van der Waals surface area contributed by atoms with Gasteiger partial charge in [0, 0.05) is 64.1 Å². The highest BCUT2D eigenvalue weighted by Crippen LogP contribution is 2.57. The quantitative estimate of drug-likeness (QED) is 0.160. The Morgan fingerprint density at radius 2 is 1.46 bits per heavy atom. The molecule has 8 rings (SSSR count). The molecule has 2 atom stereocenters. The maximum atomic E-state index is 11.6. The highest BCUT2D eigenvalue weighted by Gasteiger charge is 2.56. The largest absolute Gasteiger partial charge is 0.481 e. The Morgan fingerprint density at radius 3 is 2.02 bits per heavy atom. The van der Waals surface area contributed by atoms with Crippen molar-refractivity contribution >= 4 is 53.7 Å². The van der Waals surface area contributed by atoms with Crippen LogP contribution in [0.4, 0.5) is 11.6 Å². The van der Waals surface area contributed by atoms with E-state index in [0.717, 1.165) is 98.2 Å². The minimum absolute atomic E-state index is 0.0301. The fourth-order valence-corrected chi connectivity index (χ4v) is 8.54. The number of aromatic nitrogens is 6. The normalized spacial score (nSPS) is 22.6. The van der Waals surface area contributed by atoms with Crippen LogP contribution in [0.2, 0.25) is 25.7 Å². The first-order valence-electron chi connectivity index (χ1n) is 17.1. The number of carbonyl (C=O) groups is 2. The van der Waals surface area contributed by atoms with Crippen LogP contribution < -0.4 is 9.80 Å². The summed E-state index contributed by atoms with van der Waals surface area (Å²) in [6.45, 7) is 11.4. The topological polar surface area (TPSA) is 163 Å². The van der Waals surface area contributed by atoms with E-state index in [1.165, 1.54) is 0 Å². The first-order chi connectivity index (χ1) is 23.0. The smallest absolute Gasteiger partial charge is 0.307 e. The van der Waals surface area contributed by atoms with E-state index in [1.807, 2.05) is 23.0 Å². The number of nitrogens with one attached hydrogen (secondary N) is 1. The number of carboxylic acid groups (broad SMARTS) is 2. The fraction of sp³-hybridized carbons (Fsp3) is 0.588. The number of aromatic amines is 1. The first-order valence-corrected chi connectivity index (χ1v) is 20.8. The van der Waals surface area contributed by atoms with Gasteiger partial charge >= 0.3 is 11.9 Å². The zero-order valence-corrected chi connectivity index (χ0v) is 29.1. The summed E-state index contributed by atoms with van der Waals surface area (Å²) in [6, 6.07) is 5.18. The molecule has 4 aromatic heterocycles. The van der Waals surface area contributed by atoms with E-state index >= 15 is 0 Å². The number of hydrogen-bond acceptors (Lipinski definition) is 9. The average Bonchev–Trinajstić information content (AvgIpc) is 3.87. The second kappa shape index (κ2) is 12.4. The van der Waals surface area contributed by atoms with Crippen LogP contribution in [0, 0.1) is 22.7 Å². The van der Waals surface area contributed by atoms with E-state index in [0.29, 0.717) is 19.6 Å². The van der Waals surface area contributed by atoms with E-state index in [2.05, 4.69) is 60.4 Å². The van der Waals surface area contributed by atoms with E-state index in [4.69, 9.17) is 4.74 Å². The predicted molar refractivity (Wildman–Crippen MR) is 185 cm³/mol. The predicted octanol–water partition coefficient (Wildman–Crippen LogP) is 5.08. The van der Waals surface area contributed by atoms with Crippen LogP contribution in [0.1, 0.15) is 38.5 Å². The molecule has 48 heavy (non-hydrogen) atoms. The molecule has 3 N–H and O–H groups in total. The molecular formula is C34H46N8O5Si. The van der Waals surface area contributed by atoms with Gasteiger partial charge in [-0.2, -0.15) is 0 Å². The third kappa shape index (κ3) is 6.39. The van der Waals surface area contributed by atoms with Crippen LogP contribution in [-0.4, -0.2) is 92.5 Å². The SMILES string of the molecule is C[Si](C)(C)CCOCn1ccc2c(N3CC[C@@H](C(=O)O)C4(CC4)C3)ncnc21.O=C(O)C1CCN(c2ncnc3[nH]ccc23)CC12CC2. The average molecular weight is 675 g/mol. The molecular weight excluding hydrogens is 629 g/mol. The molecule has 0 aromatic carbocycles. The van der Waals surface area contributed by atoms with E-state index < -0.39 is 20.0 Å². The van der Waals surface area contributed by atoms with E-state index in [1.54, 1.807) is 12.7 Å². The molecule has 2 saturated heterocycles. The molecule has 2 spiro atoms. The fourth-order valence-electron chi connectivity index (χ4n) is 7.79. The zero-order chi connectivity index (χ0) is 33.7. The van der Waals surface area contributed by atoms with Gasteiger partial charge < -0.3 is 34.3 Å². The summed E-state index contributed by atoms with van der Waals surface area (Å²) in [7, 11) is -1.09. The molecule has 4 fully saturated rings. The highest BCUT2D eigenvalue weighted by atomic mass is 28.3. The van der Waals surface area contributed by atoms with Crippen LogP contribution in [0.5, 0.6) is 0 Å². The zero-order valence-electron chi connectivity index (χ0n) is 28.1. The highest BCUT2D eigenvalue weighted by molar-refractivity contribution is 6.76. The van der Waals surface area contributed by atoms with Crippen molar-refractivity contribution in [1.29, 1.82) is 0 Å².